The van der Waals surface area contributed by atoms with Gasteiger partial charge in [-0.05, 0) is 65.9 Å². The molecule has 0 aliphatic heterocycles. The van der Waals surface area contributed by atoms with Crippen molar-refractivity contribution in [2.75, 3.05) is 0 Å². The minimum Gasteiger partial charge on any atom is -0.335 e. The molecule has 0 atom stereocenters. The molecule has 0 spiro atoms. The standard InChI is InChI=1S/C22H23ClN2S/c1-5-17-11-19(23)13-20(12-17)26-22-21(15(2)3)10-16(4)25(22)14-18-6-8-24-9-7-18/h5-13,15H,1,14H2,2-4H3. The van der Waals surface area contributed by atoms with E-state index in [0.717, 1.165) is 22.0 Å². The van der Waals surface area contributed by atoms with Gasteiger partial charge in [0.1, 0.15) is 0 Å². The molecule has 2 heterocycles. The van der Waals surface area contributed by atoms with Gasteiger partial charge in [0.15, 0.2) is 0 Å². The lowest BCUT2D eigenvalue weighted by atomic mass is 10.1. The molecule has 0 amide bonds. The summed E-state index contributed by atoms with van der Waals surface area (Å²) in [5, 5.41) is 2.01. The summed E-state index contributed by atoms with van der Waals surface area (Å²) in [5.74, 6) is 0.452. The number of hydrogen-bond donors (Lipinski definition) is 0. The van der Waals surface area contributed by atoms with Crippen LogP contribution in [-0.2, 0) is 6.54 Å². The molecule has 26 heavy (non-hydrogen) atoms. The Kier molecular flexibility index (Phi) is 5.90. The highest BCUT2D eigenvalue weighted by Crippen LogP contribution is 2.38. The van der Waals surface area contributed by atoms with Gasteiger partial charge in [-0.1, -0.05) is 49.9 Å². The first-order valence-electron chi connectivity index (χ1n) is 8.67. The SMILES string of the molecule is C=Cc1cc(Cl)cc(Sc2c(C(C)C)cc(C)n2Cc2ccncc2)c1. The van der Waals surface area contributed by atoms with E-state index >= 15 is 0 Å². The van der Waals surface area contributed by atoms with Crippen molar-refractivity contribution < 1.29 is 0 Å². The normalized spacial score (nSPS) is 11.1. The highest BCUT2D eigenvalue weighted by molar-refractivity contribution is 7.99. The van der Waals surface area contributed by atoms with E-state index < -0.39 is 0 Å². The maximum absolute atomic E-state index is 6.30. The van der Waals surface area contributed by atoms with Gasteiger partial charge in [0, 0.05) is 34.6 Å². The summed E-state index contributed by atoms with van der Waals surface area (Å²) >= 11 is 8.07. The third-order valence-electron chi connectivity index (χ3n) is 4.34. The number of nitrogens with zero attached hydrogens (tertiary/aromatic N) is 2. The van der Waals surface area contributed by atoms with Crippen molar-refractivity contribution in [3.05, 3.63) is 82.8 Å². The summed E-state index contributed by atoms with van der Waals surface area (Å²) in [7, 11) is 0. The number of halogens is 1. The first kappa shape index (κ1) is 18.8. The van der Waals surface area contributed by atoms with E-state index in [1.54, 1.807) is 11.8 Å². The van der Waals surface area contributed by atoms with Crippen LogP contribution in [-0.4, -0.2) is 9.55 Å². The predicted octanol–water partition coefficient (Wildman–Crippen LogP) is 6.81. The quantitative estimate of drug-likeness (QED) is 0.466. The monoisotopic (exact) mass is 382 g/mol. The largest absolute Gasteiger partial charge is 0.335 e. The van der Waals surface area contributed by atoms with Crippen LogP contribution in [0.1, 0.15) is 42.1 Å². The van der Waals surface area contributed by atoms with Crippen molar-refractivity contribution in [3.8, 4) is 0 Å². The summed E-state index contributed by atoms with van der Waals surface area (Å²) in [6.45, 7) is 11.3. The zero-order chi connectivity index (χ0) is 18.7. The van der Waals surface area contributed by atoms with E-state index in [0.29, 0.717) is 5.92 Å². The van der Waals surface area contributed by atoms with Crippen LogP contribution < -0.4 is 0 Å². The first-order valence-corrected chi connectivity index (χ1v) is 9.87. The molecule has 0 N–H and O–H groups in total. The lowest BCUT2D eigenvalue weighted by molar-refractivity contribution is 0.689. The molecular weight excluding hydrogens is 360 g/mol. The third-order valence-corrected chi connectivity index (χ3v) is 5.68. The Hall–Kier alpha value is -1.97. The number of aromatic nitrogens is 2. The van der Waals surface area contributed by atoms with Gasteiger partial charge in [-0.2, -0.15) is 0 Å². The number of benzene rings is 1. The lowest BCUT2D eigenvalue weighted by Gasteiger charge is -2.15. The van der Waals surface area contributed by atoms with Crippen molar-refractivity contribution in [3.63, 3.8) is 0 Å². The Balaban J connectivity index is 2.04. The van der Waals surface area contributed by atoms with Gasteiger partial charge in [0.05, 0.1) is 5.03 Å². The fourth-order valence-electron chi connectivity index (χ4n) is 2.95. The molecule has 0 fully saturated rings. The fourth-order valence-corrected chi connectivity index (χ4v) is 4.59. The molecule has 0 aliphatic rings. The van der Waals surface area contributed by atoms with Gasteiger partial charge in [0.25, 0.3) is 0 Å². The van der Waals surface area contributed by atoms with Crippen molar-refractivity contribution in [1.29, 1.82) is 0 Å². The summed E-state index contributed by atoms with van der Waals surface area (Å²) in [6, 6.07) is 12.5. The maximum atomic E-state index is 6.30. The fraction of sp³-hybridized carbons (Fsp3) is 0.227. The number of rotatable bonds is 6. The maximum Gasteiger partial charge on any atom is 0.0836 e. The molecule has 2 nitrogen and oxygen atoms in total. The van der Waals surface area contributed by atoms with Crippen LogP contribution in [0, 0.1) is 6.92 Å². The van der Waals surface area contributed by atoms with Crippen molar-refractivity contribution >= 4 is 29.4 Å². The molecule has 0 saturated carbocycles. The van der Waals surface area contributed by atoms with Gasteiger partial charge in [-0.3, -0.25) is 4.98 Å². The lowest BCUT2D eigenvalue weighted by Crippen LogP contribution is -2.04. The smallest absolute Gasteiger partial charge is 0.0836 e. The van der Waals surface area contributed by atoms with Crippen LogP contribution in [0.2, 0.25) is 5.02 Å². The van der Waals surface area contributed by atoms with Crippen LogP contribution in [0.15, 0.2) is 65.3 Å². The second-order valence-corrected chi connectivity index (χ2v) is 8.17. The minimum atomic E-state index is 0.452. The van der Waals surface area contributed by atoms with Crippen LogP contribution in [0.4, 0.5) is 0 Å². The highest BCUT2D eigenvalue weighted by Gasteiger charge is 2.17. The molecule has 0 aliphatic carbocycles. The molecule has 0 bridgehead atoms. The zero-order valence-electron chi connectivity index (χ0n) is 15.4. The molecule has 2 aromatic heterocycles. The molecule has 0 radical (unpaired) electrons. The van der Waals surface area contributed by atoms with Gasteiger partial charge in [-0.15, -0.1) is 0 Å². The Morgan fingerprint density at radius 3 is 2.58 bits per heavy atom. The third kappa shape index (κ3) is 4.22. The van der Waals surface area contributed by atoms with Crippen LogP contribution >= 0.6 is 23.4 Å². The first-order chi connectivity index (χ1) is 12.5. The van der Waals surface area contributed by atoms with Crippen molar-refractivity contribution in [1.82, 2.24) is 9.55 Å². The van der Waals surface area contributed by atoms with Gasteiger partial charge in [-0.25, -0.2) is 0 Å². The Morgan fingerprint density at radius 1 is 1.19 bits per heavy atom. The van der Waals surface area contributed by atoms with E-state index in [1.165, 1.54) is 21.8 Å². The van der Waals surface area contributed by atoms with Crippen molar-refractivity contribution in [2.24, 2.45) is 0 Å². The Bertz CT molecular complexity index is 913. The average Bonchev–Trinajstić information content (AvgIpc) is 2.92. The summed E-state index contributed by atoms with van der Waals surface area (Å²) < 4.78 is 2.38. The zero-order valence-corrected chi connectivity index (χ0v) is 16.9. The second kappa shape index (κ2) is 8.15. The summed E-state index contributed by atoms with van der Waals surface area (Å²) in [6.07, 6.45) is 5.52. The van der Waals surface area contributed by atoms with E-state index in [9.17, 15) is 0 Å². The van der Waals surface area contributed by atoms with Crippen LogP contribution in [0.25, 0.3) is 6.08 Å². The van der Waals surface area contributed by atoms with Gasteiger partial charge < -0.3 is 4.57 Å². The Labute approximate surface area is 164 Å². The van der Waals surface area contributed by atoms with Gasteiger partial charge >= 0.3 is 0 Å². The molecule has 1 aromatic carbocycles. The van der Waals surface area contributed by atoms with Crippen molar-refractivity contribution in [2.45, 2.75) is 43.2 Å². The minimum absolute atomic E-state index is 0.452. The highest BCUT2D eigenvalue weighted by atomic mass is 35.5. The average molecular weight is 383 g/mol. The molecule has 0 unspecified atom stereocenters. The molecular formula is C22H23ClN2S. The number of pyridine rings is 1. The number of hydrogen-bond acceptors (Lipinski definition) is 2. The predicted molar refractivity (Wildman–Crippen MR) is 112 cm³/mol. The van der Waals surface area contributed by atoms with Gasteiger partial charge in [0.2, 0.25) is 0 Å². The summed E-state index contributed by atoms with van der Waals surface area (Å²) in [4.78, 5) is 5.25. The molecule has 3 rings (SSSR count). The molecule has 134 valence electrons. The second-order valence-electron chi connectivity index (χ2n) is 6.67. The van der Waals surface area contributed by atoms with E-state index in [2.05, 4.69) is 61.2 Å². The van der Waals surface area contributed by atoms with Crippen LogP contribution in [0.5, 0.6) is 0 Å². The van der Waals surface area contributed by atoms with Crippen LogP contribution in [0.3, 0.4) is 0 Å². The Morgan fingerprint density at radius 2 is 1.92 bits per heavy atom. The molecule has 3 aromatic rings. The number of aryl methyl sites for hydroxylation is 1. The van der Waals surface area contributed by atoms with E-state index in [4.69, 9.17) is 11.6 Å². The molecule has 4 heteroatoms. The van der Waals surface area contributed by atoms with E-state index in [1.807, 2.05) is 30.6 Å². The van der Waals surface area contributed by atoms with E-state index in [-0.39, 0.29) is 0 Å². The molecule has 0 saturated heterocycles. The summed E-state index contributed by atoms with van der Waals surface area (Å²) in [5.41, 5.74) is 4.91. The topological polar surface area (TPSA) is 17.8 Å².